The number of amides is 2. The van der Waals surface area contributed by atoms with Gasteiger partial charge in [0, 0.05) is 6.54 Å². The molecule has 2 rings (SSSR count). The summed E-state index contributed by atoms with van der Waals surface area (Å²) in [6.45, 7) is 4.30. The lowest BCUT2D eigenvalue weighted by atomic mass is 10.1. The molecular weight excluding hydrogens is 288 g/mol. The van der Waals surface area contributed by atoms with Crippen molar-refractivity contribution in [1.29, 1.82) is 0 Å². The van der Waals surface area contributed by atoms with Gasteiger partial charge in [-0.2, -0.15) is 0 Å². The number of hydrogen-bond acceptors (Lipinski definition) is 2. The van der Waals surface area contributed by atoms with Crippen LogP contribution in [0.1, 0.15) is 36.6 Å². The summed E-state index contributed by atoms with van der Waals surface area (Å²) in [5.74, 6) is -1.24. The Morgan fingerprint density at radius 1 is 0.913 bits per heavy atom. The van der Waals surface area contributed by atoms with E-state index >= 15 is 0 Å². The van der Waals surface area contributed by atoms with E-state index in [1.807, 2.05) is 61.5 Å². The summed E-state index contributed by atoms with van der Waals surface area (Å²) < 4.78 is 0. The van der Waals surface area contributed by atoms with Crippen molar-refractivity contribution in [3.8, 4) is 0 Å². The summed E-state index contributed by atoms with van der Waals surface area (Å²) in [5.41, 5.74) is 3.18. The van der Waals surface area contributed by atoms with Crippen molar-refractivity contribution in [1.82, 2.24) is 10.6 Å². The SMILES string of the molecule is CCc1ccc(C(C)NC(=O)C(=O)NCc2ccccc2)cc1. The molecule has 4 heteroatoms. The lowest BCUT2D eigenvalue weighted by Crippen LogP contribution is -2.40. The lowest BCUT2D eigenvalue weighted by molar-refractivity contribution is -0.139. The Hall–Kier alpha value is -2.62. The minimum atomic E-state index is -0.620. The number of carbonyl (C=O) groups is 2. The molecule has 23 heavy (non-hydrogen) atoms. The number of carbonyl (C=O) groups excluding carboxylic acids is 2. The van der Waals surface area contributed by atoms with E-state index in [1.54, 1.807) is 0 Å². The monoisotopic (exact) mass is 310 g/mol. The normalized spacial score (nSPS) is 11.6. The van der Waals surface area contributed by atoms with E-state index in [-0.39, 0.29) is 6.04 Å². The van der Waals surface area contributed by atoms with Crippen LogP contribution in [0.15, 0.2) is 54.6 Å². The molecule has 4 nitrogen and oxygen atoms in total. The van der Waals surface area contributed by atoms with E-state index in [9.17, 15) is 9.59 Å². The molecule has 0 spiro atoms. The first-order chi connectivity index (χ1) is 11.1. The fraction of sp³-hybridized carbons (Fsp3) is 0.263. The van der Waals surface area contributed by atoms with Gasteiger partial charge >= 0.3 is 11.8 Å². The molecule has 0 saturated carbocycles. The zero-order valence-corrected chi connectivity index (χ0v) is 13.5. The Labute approximate surface area is 136 Å². The number of nitrogens with one attached hydrogen (secondary N) is 2. The average Bonchev–Trinajstić information content (AvgIpc) is 2.60. The summed E-state index contributed by atoms with van der Waals surface area (Å²) >= 11 is 0. The first-order valence-electron chi connectivity index (χ1n) is 7.81. The zero-order chi connectivity index (χ0) is 16.7. The number of benzene rings is 2. The molecule has 1 unspecified atom stereocenters. The Morgan fingerprint density at radius 2 is 1.57 bits per heavy atom. The summed E-state index contributed by atoms with van der Waals surface area (Å²) in [5, 5.41) is 5.34. The third kappa shape index (κ3) is 4.95. The summed E-state index contributed by atoms with van der Waals surface area (Å²) in [6.07, 6.45) is 0.975. The van der Waals surface area contributed by atoms with Crippen LogP contribution in [0.25, 0.3) is 0 Å². The van der Waals surface area contributed by atoms with E-state index in [2.05, 4.69) is 17.6 Å². The van der Waals surface area contributed by atoms with Gasteiger partial charge in [0.05, 0.1) is 6.04 Å². The quantitative estimate of drug-likeness (QED) is 0.834. The topological polar surface area (TPSA) is 58.2 Å². The predicted molar refractivity (Wildman–Crippen MR) is 90.7 cm³/mol. The Balaban J connectivity index is 1.85. The molecule has 2 aromatic rings. The van der Waals surface area contributed by atoms with E-state index in [1.165, 1.54) is 5.56 Å². The van der Waals surface area contributed by atoms with Gasteiger partial charge in [0.2, 0.25) is 0 Å². The predicted octanol–water partition coefficient (Wildman–Crippen LogP) is 2.74. The Kier molecular flexibility index (Phi) is 5.92. The van der Waals surface area contributed by atoms with Gasteiger partial charge in [0.15, 0.2) is 0 Å². The highest BCUT2D eigenvalue weighted by Crippen LogP contribution is 2.13. The first-order valence-corrected chi connectivity index (χ1v) is 7.81. The molecule has 0 aromatic heterocycles. The molecular formula is C19H22N2O2. The molecule has 0 bridgehead atoms. The summed E-state index contributed by atoms with van der Waals surface area (Å²) in [6, 6.07) is 17.3. The van der Waals surface area contributed by atoms with Crippen LogP contribution < -0.4 is 10.6 Å². The lowest BCUT2D eigenvalue weighted by Gasteiger charge is -2.14. The maximum absolute atomic E-state index is 11.9. The highest BCUT2D eigenvalue weighted by atomic mass is 16.2. The maximum atomic E-state index is 11.9. The van der Waals surface area contributed by atoms with Gasteiger partial charge < -0.3 is 10.6 Å². The van der Waals surface area contributed by atoms with Crippen molar-refractivity contribution in [2.45, 2.75) is 32.9 Å². The van der Waals surface area contributed by atoms with Crippen LogP contribution in [-0.4, -0.2) is 11.8 Å². The van der Waals surface area contributed by atoms with Gasteiger partial charge in [-0.1, -0.05) is 61.5 Å². The van der Waals surface area contributed by atoms with Crippen molar-refractivity contribution in [2.75, 3.05) is 0 Å². The van der Waals surface area contributed by atoms with Crippen LogP contribution in [0.5, 0.6) is 0 Å². The highest BCUT2D eigenvalue weighted by molar-refractivity contribution is 6.35. The minimum absolute atomic E-state index is 0.212. The summed E-state index contributed by atoms with van der Waals surface area (Å²) in [4.78, 5) is 23.8. The largest absolute Gasteiger partial charge is 0.344 e. The molecule has 0 fully saturated rings. The Morgan fingerprint density at radius 3 is 2.17 bits per heavy atom. The Bertz CT molecular complexity index is 651. The van der Waals surface area contributed by atoms with E-state index in [4.69, 9.17) is 0 Å². The van der Waals surface area contributed by atoms with Gasteiger partial charge in [-0.3, -0.25) is 9.59 Å². The second-order valence-corrected chi connectivity index (χ2v) is 5.46. The third-order valence-electron chi connectivity index (χ3n) is 3.74. The van der Waals surface area contributed by atoms with Crippen LogP contribution >= 0.6 is 0 Å². The fourth-order valence-corrected chi connectivity index (χ4v) is 2.25. The molecule has 120 valence electrons. The molecule has 1 atom stereocenters. The van der Waals surface area contributed by atoms with Crippen LogP contribution in [0.2, 0.25) is 0 Å². The van der Waals surface area contributed by atoms with Crippen molar-refractivity contribution >= 4 is 11.8 Å². The van der Waals surface area contributed by atoms with Gasteiger partial charge in [-0.25, -0.2) is 0 Å². The van der Waals surface area contributed by atoms with E-state index in [0.717, 1.165) is 17.5 Å². The van der Waals surface area contributed by atoms with Gasteiger partial charge in [-0.05, 0) is 30.0 Å². The maximum Gasteiger partial charge on any atom is 0.309 e. The average molecular weight is 310 g/mol. The number of rotatable bonds is 5. The minimum Gasteiger partial charge on any atom is -0.344 e. The molecule has 0 aliphatic heterocycles. The smallest absolute Gasteiger partial charge is 0.309 e. The molecule has 0 radical (unpaired) electrons. The van der Waals surface area contributed by atoms with Gasteiger partial charge in [0.25, 0.3) is 0 Å². The molecule has 0 saturated heterocycles. The van der Waals surface area contributed by atoms with Crippen molar-refractivity contribution in [2.24, 2.45) is 0 Å². The second kappa shape index (κ2) is 8.13. The van der Waals surface area contributed by atoms with Crippen molar-refractivity contribution in [3.05, 3.63) is 71.3 Å². The van der Waals surface area contributed by atoms with Crippen LogP contribution in [-0.2, 0) is 22.6 Å². The zero-order valence-electron chi connectivity index (χ0n) is 13.5. The van der Waals surface area contributed by atoms with Crippen LogP contribution in [0, 0.1) is 0 Å². The fourth-order valence-electron chi connectivity index (χ4n) is 2.25. The van der Waals surface area contributed by atoms with Crippen LogP contribution in [0.4, 0.5) is 0 Å². The number of aryl methyl sites for hydroxylation is 1. The molecule has 2 aromatic carbocycles. The number of hydrogen-bond donors (Lipinski definition) is 2. The van der Waals surface area contributed by atoms with Crippen molar-refractivity contribution in [3.63, 3.8) is 0 Å². The third-order valence-corrected chi connectivity index (χ3v) is 3.74. The summed E-state index contributed by atoms with van der Waals surface area (Å²) in [7, 11) is 0. The molecule has 2 amide bonds. The van der Waals surface area contributed by atoms with Gasteiger partial charge in [0.1, 0.15) is 0 Å². The molecule has 2 N–H and O–H groups in total. The van der Waals surface area contributed by atoms with Crippen LogP contribution in [0.3, 0.4) is 0 Å². The van der Waals surface area contributed by atoms with Gasteiger partial charge in [-0.15, -0.1) is 0 Å². The van der Waals surface area contributed by atoms with E-state index in [0.29, 0.717) is 6.54 Å². The van der Waals surface area contributed by atoms with Crippen molar-refractivity contribution < 1.29 is 9.59 Å². The first kappa shape index (κ1) is 16.7. The standard InChI is InChI=1S/C19H22N2O2/c1-3-15-9-11-17(12-10-15)14(2)21-19(23)18(22)20-13-16-7-5-4-6-8-16/h4-12,14H,3,13H2,1-2H3,(H,20,22)(H,21,23). The molecule has 0 aliphatic carbocycles. The molecule has 0 aliphatic rings. The molecule has 0 heterocycles. The van der Waals surface area contributed by atoms with E-state index < -0.39 is 11.8 Å². The second-order valence-electron chi connectivity index (χ2n) is 5.46. The highest BCUT2D eigenvalue weighted by Gasteiger charge is 2.16.